The Hall–Kier alpha value is -1.68. The quantitative estimate of drug-likeness (QED) is 0.604. The molecule has 1 fully saturated rings. The highest BCUT2D eigenvalue weighted by Gasteiger charge is 2.16. The number of nitrogens with zero attached hydrogens (tertiary/aromatic N) is 2. The maximum Gasteiger partial charge on any atom is 0.0478 e. The zero-order valence-corrected chi connectivity index (χ0v) is 15.9. The Morgan fingerprint density at radius 1 is 0.654 bits per heavy atom. The molecule has 0 amide bonds. The van der Waals surface area contributed by atoms with Crippen LogP contribution in [0.15, 0.2) is 60.7 Å². The normalized spacial score (nSPS) is 16.0. The molecule has 140 valence electrons. The first kappa shape index (κ1) is 19.1. The highest BCUT2D eigenvalue weighted by Crippen LogP contribution is 2.09. The average molecular weight is 353 g/mol. The molecule has 0 saturated carbocycles. The first-order valence-electron chi connectivity index (χ1n) is 10.0. The van der Waals surface area contributed by atoms with Crippen molar-refractivity contribution in [3.63, 3.8) is 0 Å². The highest BCUT2D eigenvalue weighted by molar-refractivity contribution is 5.15. The van der Waals surface area contributed by atoms with E-state index in [2.05, 4.69) is 70.5 Å². The predicted molar refractivity (Wildman–Crippen MR) is 108 cm³/mol. The van der Waals surface area contributed by atoms with E-state index in [0.717, 1.165) is 45.6 Å². The van der Waals surface area contributed by atoms with Crippen LogP contribution in [0.3, 0.4) is 0 Å². The summed E-state index contributed by atoms with van der Waals surface area (Å²) in [4.78, 5) is 5.14. The molecule has 0 spiro atoms. The Labute approximate surface area is 158 Å². The van der Waals surface area contributed by atoms with Gasteiger partial charge in [0.05, 0.1) is 0 Å². The zero-order chi connectivity index (χ0) is 17.9. The van der Waals surface area contributed by atoms with E-state index in [4.69, 9.17) is 4.74 Å². The summed E-state index contributed by atoms with van der Waals surface area (Å²) < 4.78 is 5.81. The molecule has 0 radical (unpaired) electrons. The molecule has 0 N–H and O–H groups in total. The number of hydrogen-bond donors (Lipinski definition) is 0. The fourth-order valence-electron chi connectivity index (χ4n) is 3.53. The Morgan fingerprint density at radius 3 is 1.92 bits per heavy atom. The summed E-state index contributed by atoms with van der Waals surface area (Å²) in [5, 5.41) is 0. The second kappa shape index (κ2) is 11.1. The van der Waals surface area contributed by atoms with Crippen LogP contribution in [0, 0.1) is 0 Å². The third-order valence-electron chi connectivity index (χ3n) is 5.07. The van der Waals surface area contributed by atoms with Gasteiger partial charge in [-0.15, -0.1) is 0 Å². The van der Waals surface area contributed by atoms with Crippen molar-refractivity contribution in [2.75, 3.05) is 45.9 Å². The van der Waals surface area contributed by atoms with Crippen molar-refractivity contribution in [3.8, 4) is 0 Å². The molecule has 0 unspecified atom stereocenters. The minimum Gasteiger partial charge on any atom is -0.381 e. The molecule has 0 atom stereocenters. The van der Waals surface area contributed by atoms with E-state index in [1.807, 2.05) is 0 Å². The van der Waals surface area contributed by atoms with Gasteiger partial charge < -0.3 is 9.64 Å². The van der Waals surface area contributed by atoms with Gasteiger partial charge in [-0.1, -0.05) is 60.7 Å². The lowest BCUT2D eigenvalue weighted by Gasteiger charge is -2.34. The fourth-order valence-corrected chi connectivity index (χ4v) is 3.53. The topological polar surface area (TPSA) is 15.7 Å². The van der Waals surface area contributed by atoms with Gasteiger partial charge in [0, 0.05) is 52.5 Å². The standard InChI is InChI=1S/C23H32N2O/c1-3-9-22(10-4-1)13-7-19-26-20-8-14-24-15-17-25(18-16-24)21-23-11-5-2-6-12-23/h1-6,9-12H,7-8,13-21H2. The van der Waals surface area contributed by atoms with Crippen molar-refractivity contribution < 1.29 is 4.74 Å². The van der Waals surface area contributed by atoms with Crippen LogP contribution in [-0.4, -0.2) is 55.7 Å². The van der Waals surface area contributed by atoms with E-state index in [1.54, 1.807) is 0 Å². The van der Waals surface area contributed by atoms with E-state index in [1.165, 1.54) is 37.3 Å². The van der Waals surface area contributed by atoms with E-state index < -0.39 is 0 Å². The van der Waals surface area contributed by atoms with Gasteiger partial charge in [0.25, 0.3) is 0 Å². The molecule has 3 rings (SSSR count). The second-order valence-electron chi connectivity index (χ2n) is 7.16. The van der Waals surface area contributed by atoms with E-state index in [-0.39, 0.29) is 0 Å². The van der Waals surface area contributed by atoms with Gasteiger partial charge in [-0.2, -0.15) is 0 Å². The number of benzene rings is 2. The molecule has 0 bridgehead atoms. The summed E-state index contributed by atoms with van der Waals surface area (Å²) in [6.07, 6.45) is 3.37. The van der Waals surface area contributed by atoms with Crippen LogP contribution in [0.2, 0.25) is 0 Å². The maximum absolute atomic E-state index is 5.81. The largest absolute Gasteiger partial charge is 0.381 e. The SMILES string of the molecule is c1ccc(CCCOCCCN2CCN(Cc3ccccc3)CC2)cc1. The van der Waals surface area contributed by atoms with Crippen LogP contribution in [0.25, 0.3) is 0 Å². The fraction of sp³-hybridized carbons (Fsp3) is 0.478. The van der Waals surface area contributed by atoms with Gasteiger partial charge in [0.1, 0.15) is 0 Å². The van der Waals surface area contributed by atoms with Crippen LogP contribution in [-0.2, 0) is 17.7 Å². The van der Waals surface area contributed by atoms with E-state index in [9.17, 15) is 0 Å². The summed E-state index contributed by atoms with van der Waals surface area (Å²) in [6.45, 7) is 8.72. The first-order valence-corrected chi connectivity index (χ1v) is 10.0. The van der Waals surface area contributed by atoms with Crippen molar-refractivity contribution in [3.05, 3.63) is 71.8 Å². The number of aryl methyl sites for hydroxylation is 1. The molecule has 1 saturated heterocycles. The van der Waals surface area contributed by atoms with Crippen LogP contribution < -0.4 is 0 Å². The maximum atomic E-state index is 5.81. The number of rotatable bonds is 10. The minimum atomic E-state index is 0.875. The zero-order valence-electron chi connectivity index (χ0n) is 15.9. The van der Waals surface area contributed by atoms with Gasteiger partial charge in [-0.05, 0) is 30.4 Å². The lowest BCUT2D eigenvalue weighted by Crippen LogP contribution is -2.46. The predicted octanol–water partition coefficient (Wildman–Crippen LogP) is 3.84. The molecule has 0 aliphatic carbocycles. The van der Waals surface area contributed by atoms with E-state index >= 15 is 0 Å². The third kappa shape index (κ3) is 6.91. The summed E-state index contributed by atoms with van der Waals surface area (Å²) in [5.41, 5.74) is 2.83. The lowest BCUT2D eigenvalue weighted by atomic mass is 10.1. The molecule has 1 aliphatic rings. The molecular formula is C23H32N2O. The lowest BCUT2D eigenvalue weighted by molar-refractivity contribution is 0.0959. The molecule has 3 nitrogen and oxygen atoms in total. The van der Waals surface area contributed by atoms with Gasteiger partial charge >= 0.3 is 0 Å². The average Bonchev–Trinajstić information content (AvgIpc) is 2.70. The summed E-state index contributed by atoms with van der Waals surface area (Å²) in [6, 6.07) is 21.5. The molecule has 26 heavy (non-hydrogen) atoms. The van der Waals surface area contributed by atoms with Crippen molar-refractivity contribution in [2.24, 2.45) is 0 Å². The van der Waals surface area contributed by atoms with Gasteiger partial charge in [-0.3, -0.25) is 4.90 Å². The molecular weight excluding hydrogens is 320 g/mol. The third-order valence-corrected chi connectivity index (χ3v) is 5.07. The summed E-state index contributed by atoms with van der Waals surface area (Å²) in [7, 11) is 0. The van der Waals surface area contributed by atoms with Crippen LogP contribution in [0.1, 0.15) is 24.0 Å². The van der Waals surface area contributed by atoms with Crippen molar-refractivity contribution in [1.82, 2.24) is 9.80 Å². The molecule has 1 aliphatic heterocycles. The molecule has 2 aromatic carbocycles. The summed E-state index contributed by atoms with van der Waals surface area (Å²) >= 11 is 0. The second-order valence-corrected chi connectivity index (χ2v) is 7.16. The molecule has 0 aromatic heterocycles. The van der Waals surface area contributed by atoms with Crippen molar-refractivity contribution in [1.29, 1.82) is 0 Å². The van der Waals surface area contributed by atoms with Crippen LogP contribution in [0.5, 0.6) is 0 Å². The van der Waals surface area contributed by atoms with Crippen molar-refractivity contribution in [2.45, 2.75) is 25.8 Å². The van der Waals surface area contributed by atoms with Gasteiger partial charge in [0.2, 0.25) is 0 Å². The Balaban J connectivity index is 1.19. The van der Waals surface area contributed by atoms with Gasteiger partial charge in [0.15, 0.2) is 0 Å². The Kier molecular flexibility index (Phi) is 8.17. The number of hydrogen-bond acceptors (Lipinski definition) is 3. The smallest absolute Gasteiger partial charge is 0.0478 e. The number of piperazine rings is 1. The van der Waals surface area contributed by atoms with Crippen LogP contribution in [0.4, 0.5) is 0 Å². The minimum absolute atomic E-state index is 0.875. The van der Waals surface area contributed by atoms with Gasteiger partial charge in [-0.25, -0.2) is 0 Å². The summed E-state index contributed by atoms with van der Waals surface area (Å²) in [5.74, 6) is 0. The molecule has 3 heteroatoms. The van der Waals surface area contributed by atoms with Crippen molar-refractivity contribution >= 4 is 0 Å². The molecule has 2 aromatic rings. The highest BCUT2D eigenvalue weighted by atomic mass is 16.5. The Bertz CT molecular complexity index is 594. The Morgan fingerprint density at radius 2 is 1.23 bits per heavy atom. The van der Waals surface area contributed by atoms with Crippen LogP contribution >= 0.6 is 0 Å². The first-order chi connectivity index (χ1) is 12.9. The van der Waals surface area contributed by atoms with E-state index in [0.29, 0.717) is 0 Å². The monoisotopic (exact) mass is 352 g/mol. The molecule has 1 heterocycles. The number of ether oxygens (including phenoxy) is 1.